The van der Waals surface area contributed by atoms with Crippen LogP contribution in [0.3, 0.4) is 0 Å². The van der Waals surface area contributed by atoms with E-state index in [1.807, 2.05) is 0 Å². The highest BCUT2D eigenvalue weighted by Gasteiger charge is 2.51. The maximum absolute atomic E-state index is 12.8. The molecule has 1 saturated carbocycles. The molecule has 1 aliphatic heterocycles. The van der Waals surface area contributed by atoms with Crippen molar-refractivity contribution in [1.29, 1.82) is 0 Å². The third kappa shape index (κ3) is 4.55. The Morgan fingerprint density at radius 2 is 1.89 bits per heavy atom. The largest absolute Gasteiger partial charge is 0.447 e. The van der Waals surface area contributed by atoms with E-state index in [1.54, 1.807) is 18.2 Å². The van der Waals surface area contributed by atoms with Crippen molar-refractivity contribution in [2.45, 2.75) is 76.7 Å². The van der Waals surface area contributed by atoms with Gasteiger partial charge in [-0.1, -0.05) is 61.9 Å². The number of unbranched alkanes of at least 4 members (excludes halogenated alkanes) is 3. The molecule has 4 nitrogen and oxygen atoms in total. The second-order valence-electron chi connectivity index (χ2n) is 7.56. The van der Waals surface area contributed by atoms with Gasteiger partial charge in [-0.15, -0.1) is 0 Å². The molecule has 2 aliphatic rings. The molecule has 152 valence electrons. The van der Waals surface area contributed by atoms with Crippen molar-refractivity contribution in [3.63, 3.8) is 0 Å². The Hall–Kier alpha value is -1.52. The second kappa shape index (κ2) is 9.32. The van der Waals surface area contributed by atoms with Crippen molar-refractivity contribution in [2.75, 3.05) is 0 Å². The first-order valence-corrected chi connectivity index (χ1v) is 10.9. The lowest BCUT2D eigenvalue weighted by atomic mass is 9.82. The van der Waals surface area contributed by atoms with Crippen LogP contribution in [0.5, 0.6) is 0 Å². The Balaban J connectivity index is 1.94. The monoisotopic (exact) mass is 424 g/mol. The molecule has 1 fully saturated rings. The molecule has 0 atom stereocenters. The van der Waals surface area contributed by atoms with Gasteiger partial charge in [0.05, 0.1) is 5.02 Å². The van der Waals surface area contributed by atoms with Gasteiger partial charge in [0.1, 0.15) is 5.57 Å². The van der Waals surface area contributed by atoms with Crippen molar-refractivity contribution < 1.29 is 19.1 Å². The van der Waals surface area contributed by atoms with E-state index >= 15 is 0 Å². The van der Waals surface area contributed by atoms with Crippen molar-refractivity contribution in [1.82, 2.24) is 0 Å². The number of ether oxygens (including phenoxy) is 2. The number of hydrogen-bond acceptors (Lipinski definition) is 4. The molecule has 1 aliphatic carbocycles. The highest BCUT2D eigenvalue weighted by molar-refractivity contribution is 6.37. The number of benzene rings is 1. The zero-order chi connectivity index (χ0) is 20.1. The summed E-state index contributed by atoms with van der Waals surface area (Å²) in [5, 5.41) is 0.811. The number of hydrogen-bond donors (Lipinski definition) is 0. The number of halogens is 2. The molecule has 0 radical (unpaired) electrons. The van der Waals surface area contributed by atoms with Gasteiger partial charge in [-0.25, -0.2) is 4.79 Å². The Bertz CT molecular complexity index is 779. The highest BCUT2D eigenvalue weighted by atomic mass is 35.5. The lowest BCUT2D eigenvalue weighted by molar-refractivity contribution is -0.155. The van der Waals surface area contributed by atoms with E-state index in [-0.39, 0.29) is 11.5 Å². The molecule has 1 aromatic carbocycles. The molecule has 0 N–H and O–H groups in total. The summed E-state index contributed by atoms with van der Waals surface area (Å²) in [5.41, 5.74) is -0.107. The first kappa shape index (κ1) is 21.2. The van der Waals surface area contributed by atoms with Crippen LogP contribution in [0.25, 0.3) is 5.57 Å². The average molecular weight is 425 g/mol. The fraction of sp³-hybridized carbons (Fsp3) is 0.545. The van der Waals surface area contributed by atoms with Crippen LogP contribution in [-0.2, 0) is 19.1 Å². The Kier molecular flexibility index (Phi) is 7.05. The maximum atomic E-state index is 12.8. The third-order valence-corrected chi connectivity index (χ3v) is 5.99. The molecular weight excluding hydrogens is 399 g/mol. The van der Waals surface area contributed by atoms with Crippen LogP contribution in [-0.4, -0.2) is 17.5 Å². The number of carbonyl (C=O) groups is 2. The number of esters is 2. The molecule has 3 rings (SSSR count). The number of rotatable bonds is 7. The topological polar surface area (TPSA) is 52.6 Å². The van der Waals surface area contributed by atoms with Crippen molar-refractivity contribution in [2.24, 2.45) is 0 Å². The summed E-state index contributed by atoms with van der Waals surface area (Å²) in [4.78, 5) is 25.3. The van der Waals surface area contributed by atoms with E-state index in [9.17, 15) is 9.59 Å². The third-order valence-electron chi connectivity index (χ3n) is 5.45. The predicted octanol–water partition coefficient (Wildman–Crippen LogP) is 6.48. The normalized spacial score (nSPS) is 18.5. The van der Waals surface area contributed by atoms with Crippen LogP contribution in [0, 0.1) is 0 Å². The summed E-state index contributed by atoms with van der Waals surface area (Å²) in [7, 11) is 0. The smallest absolute Gasteiger partial charge is 0.343 e. The van der Waals surface area contributed by atoms with Crippen molar-refractivity contribution in [3.05, 3.63) is 39.6 Å². The van der Waals surface area contributed by atoms with E-state index in [2.05, 4.69) is 6.92 Å². The lowest BCUT2D eigenvalue weighted by Crippen LogP contribution is -2.36. The minimum atomic E-state index is -0.854. The summed E-state index contributed by atoms with van der Waals surface area (Å²) in [6.45, 7) is 2.12. The van der Waals surface area contributed by atoms with E-state index in [4.69, 9.17) is 32.7 Å². The first-order valence-electron chi connectivity index (χ1n) is 10.1. The molecule has 0 unspecified atom stereocenters. The van der Waals surface area contributed by atoms with Gasteiger partial charge >= 0.3 is 11.9 Å². The van der Waals surface area contributed by atoms with Gasteiger partial charge in [-0.05, 0) is 44.2 Å². The zero-order valence-electron chi connectivity index (χ0n) is 16.2. The molecule has 1 heterocycles. The molecule has 0 saturated heterocycles. The van der Waals surface area contributed by atoms with Crippen molar-refractivity contribution >= 4 is 40.7 Å². The van der Waals surface area contributed by atoms with Gasteiger partial charge < -0.3 is 9.47 Å². The van der Waals surface area contributed by atoms with Crippen LogP contribution in [0.2, 0.25) is 10.0 Å². The van der Waals surface area contributed by atoms with Gasteiger partial charge in [-0.2, -0.15) is 0 Å². The Morgan fingerprint density at radius 3 is 2.57 bits per heavy atom. The summed E-state index contributed by atoms with van der Waals surface area (Å²) in [6.07, 6.45) is 8.53. The van der Waals surface area contributed by atoms with Crippen LogP contribution in [0.15, 0.2) is 24.0 Å². The first-order chi connectivity index (χ1) is 13.5. The maximum Gasteiger partial charge on any atom is 0.343 e. The molecule has 1 aromatic rings. The zero-order valence-corrected chi connectivity index (χ0v) is 17.7. The van der Waals surface area contributed by atoms with Crippen LogP contribution < -0.4 is 0 Å². The van der Waals surface area contributed by atoms with E-state index in [0.29, 0.717) is 40.6 Å². The van der Waals surface area contributed by atoms with Gasteiger partial charge in [-0.3, -0.25) is 4.79 Å². The van der Waals surface area contributed by atoms with Crippen LogP contribution in [0.4, 0.5) is 0 Å². The summed E-state index contributed by atoms with van der Waals surface area (Å²) >= 11 is 12.4. The van der Waals surface area contributed by atoms with Gasteiger partial charge in [0.15, 0.2) is 11.4 Å². The fourth-order valence-electron chi connectivity index (χ4n) is 3.98. The lowest BCUT2D eigenvalue weighted by Gasteiger charge is -2.33. The Morgan fingerprint density at radius 1 is 1.14 bits per heavy atom. The van der Waals surface area contributed by atoms with E-state index in [0.717, 1.165) is 44.9 Å². The minimum Gasteiger partial charge on any atom is -0.447 e. The van der Waals surface area contributed by atoms with Crippen LogP contribution in [0.1, 0.15) is 76.7 Å². The SMILES string of the molecule is CCCCCCC(=O)OC1=C(c2ccc(Cl)cc2Cl)C(=O)OC12CCCCC2. The molecule has 6 heteroatoms. The Labute approximate surface area is 176 Å². The quantitative estimate of drug-likeness (QED) is 0.371. The molecule has 0 amide bonds. The van der Waals surface area contributed by atoms with Gasteiger partial charge in [0.2, 0.25) is 0 Å². The van der Waals surface area contributed by atoms with E-state index < -0.39 is 11.6 Å². The average Bonchev–Trinajstić information content (AvgIpc) is 2.90. The highest BCUT2D eigenvalue weighted by Crippen LogP contribution is 2.48. The summed E-state index contributed by atoms with van der Waals surface area (Å²) in [5.74, 6) is -0.473. The predicted molar refractivity (Wildman–Crippen MR) is 110 cm³/mol. The van der Waals surface area contributed by atoms with Crippen molar-refractivity contribution in [3.8, 4) is 0 Å². The number of carbonyl (C=O) groups excluding carboxylic acids is 2. The van der Waals surface area contributed by atoms with Gasteiger partial charge in [0, 0.05) is 17.0 Å². The summed E-state index contributed by atoms with van der Waals surface area (Å²) in [6, 6.07) is 4.92. The molecule has 1 spiro atoms. The second-order valence-corrected chi connectivity index (χ2v) is 8.40. The summed E-state index contributed by atoms with van der Waals surface area (Å²) < 4.78 is 11.6. The van der Waals surface area contributed by atoms with Crippen LogP contribution >= 0.6 is 23.2 Å². The molecular formula is C22H26Cl2O4. The van der Waals surface area contributed by atoms with E-state index in [1.165, 1.54) is 0 Å². The minimum absolute atomic E-state index is 0.255. The van der Waals surface area contributed by atoms with Gasteiger partial charge in [0.25, 0.3) is 0 Å². The fourth-order valence-corrected chi connectivity index (χ4v) is 4.48. The molecule has 0 bridgehead atoms. The standard InChI is InChI=1S/C22H26Cl2O4/c1-2-3-4-6-9-18(25)27-20-19(16-11-10-15(23)14-17(16)24)21(26)28-22(20)12-7-5-8-13-22/h10-11,14H,2-9,12-13H2,1H3. The molecule has 28 heavy (non-hydrogen) atoms. The molecule has 0 aromatic heterocycles.